The van der Waals surface area contributed by atoms with Crippen molar-refractivity contribution in [3.05, 3.63) is 58.1 Å². The Morgan fingerprint density at radius 1 is 1.16 bits per heavy atom. The molecule has 0 amide bonds. The number of nitrogens with one attached hydrogen (secondary N) is 1. The fourth-order valence-electron chi connectivity index (χ4n) is 2.00. The highest BCUT2D eigenvalue weighted by atomic mass is 32.2. The molecule has 1 N–H and O–H groups in total. The normalized spacial score (nSPS) is 11.3. The molecule has 0 unspecified atom stereocenters. The second kappa shape index (κ2) is 7.62. The van der Waals surface area contributed by atoms with Crippen LogP contribution in [0.4, 0.5) is 5.69 Å². The molecule has 132 valence electrons. The Kier molecular flexibility index (Phi) is 5.55. The Labute approximate surface area is 144 Å². The summed E-state index contributed by atoms with van der Waals surface area (Å²) in [5.74, 6) is 0.858. The van der Waals surface area contributed by atoms with E-state index in [1.165, 1.54) is 38.6 Å². The summed E-state index contributed by atoms with van der Waals surface area (Å²) in [5.41, 5.74) is 0.157. The van der Waals surface area contributed by atoms with Gasteiger partial charge in [0.05, 0.1) is 30.3 Å². The number of para-hydroxylation sites is 1. The summed E-state index contributed by atoms with van der Waals surface area (Å²) in [7, 11) is -1.12. The van der Waals surface area contributed by atoms with Crippen LogP contribution in [0.3, 0.4) is 0 Å². The lowest BCUT2D eigenvalue weighted by Crippen LogP contribution is -2.18. The predicted octanol–water partition coefficient (Wildman–Crippen LogP) is 1.92. The molecule has 0 bridgehead atoms. The smallest absolute Gasteiger partial charge is 0.276 e. The summed E-state index contributed by atoms with van der Waals surface area (Å²) < 4.78 is 34.7. The first-order valence-electron chi connectivity index (χ1n) is 6.89. The maximum atomic E-state index is 12.2. The number of benzene rings is 2. The van der Waals surface area contributed by atoms with E-state index in [4.69, 9.17) is 9.47 Å². The van der Waals surface area contributed by atoms with Gasteiger partial charge in [-0.15, -0.1) is 0 Å². The Balaban J connectivity index is 2.24. The van der Waals surface area contributed by atoms with Crippen LogP contribution in [-0.2, 0) is 10.0 Å². The monoisotopic (exact) mass is 365 g/mol. The molecule has 0 spiro atoms. The second-order valence-electron chi connectivity index (χ2n) is 4.69. The summed E-state index contributed by atoms with van der Waals surface area (Å²) in [6, 6.07) is 9.69. The molecule has 2 aromatic carbocycles. The fourth-order valence-corrected chi connectivity index (χ4v) is 2.83. The van der Waals surface area contributed by atoms with E-state index in [9.17, 15) is 18.5 Å². The minimum absolute atomic E-state index is 0.267. The van der Waals surface area contributed by atoms with Crippen LogP contribution in [0.1, 0.15) is 5.56 Å². The zero-order chi connectivity index (χ0) is 18.4. The second-order valence-corrected chi connectivity index (χ2v) is 6.35. The maximum absolute atomic E-state index is 12.2. The maximum Gasteiger partial charge on any atom is 0.276 e. The molecule has 0 aromatic heterocycles. The average molecular weight is 365 g/mol. The van der Waals surface area contributed by atoms with Crippen LogP contribution in [0.5, 0.6) is 11.5 Å². The fraction of sp³-hybridized carbons (Fsp3) is 0.133. The number of nitro benzene ring substituents is 1. The van der Waals surface area contributed by atoms with Gasteiger partial charge in [-0.1, -0.05) is 12.1 Å². The van der Waals surface area contributed by atoms with E-state index >= 15 is 0 Å². The van der Waals surface area contributed by atoms with Crippen LogP contribution in [0.2, 0.25) is 0 Å². The lowest BCUT2D eigenvalue weighted by molar-refractivity contribution is -0.385. The van der Waals surface area contributed by atoms with Crippen molar-refractivity contribution in [3.63, 3.8) is 0 Å². The molecule has 10 heteroatoms. The summed E-state index contributed by atoms with van der Waals surface area (Å²) >= 11 is 0. The molecule has 0 radical (unpaired) electrons. The molecule has 2 aromatic rings. The summed E-state index contributed by atoms with van der Waals surface area (Å²) in [5, 5.41) is 14.4. The number of hydrazone groups is 1. The Hall–Kier alpha value is -3.14. The molecular weight excluding hydrogens is 350 g/mol. The summed E-state index contributed by atoms with van der Waals surface area (Å²) in [6.07, 6.45) is 1.25. The van der Waals surface area contributed by atoms with E-state index in [1.54, 1.807) is 18.2 Å². The number of non-ortho nitro benzene ring substituents is 1. The van der Waals surface area contributed by atoms with Crippen molar-refractivity contribution >= 4 is 21.9 Å². The average Bonchev–Trinajstić information content (AvgIpc) is 2.61. The van der Waals surface area contributed by atoms with Crippen LogP contribution < -0.4 is 14.3 Å². The minimum Gasteiger partial charge on any atom is -0.493 e. The van der Waals surface area contributed by atoms with Crippen molar-refractivity contribution in [3.8, 4) is 11.5 Å². The number of methoxy groups -OCH3 is 2. The van der Waals surface area contributed by atoms with Crippen molar-refractivity contribution in [2.45, 2.75) is 4.90 Å². The van der Waals surface area contributed by atoms with E-state index in [-0.39, 0.29) is 10.6 Å². The van der Waals surface area contributed by atoms with Gasteiger partial charge in [0.15, 0.2) is 11.5 Å². The molecule has 0 aliphatic rings. The SMILES string of the molecule is COc1cccc(/C=N/NS(=O)(=O)c2cccc([N+](=O)[O-])c2)c1OC. The largest absolute Gasteiger partial charge is 0.493 e. The van der Waals surface area contributed by atoms with Crippen molar-refractivity contribution in [2.24, 2.45) is 5.10 Å². The van der Waals surface area contributed by atoms with E-state index in [0.29, 0.717) is 17.1 Å². The summed E-state index contributed by atoms with van der Waals surface area (Å²) in [4.78, 5) is 11.8. The van der Waals surface area contributed by atoms with Gasteiger partial charge in [0.25, 0.3) is 15.7 Å². The van der Waals surface area contributed by atoms with Gasteiger partial charge in [-0.05, 0) is 18.2 Å². The van der Waals surface area contributed by atoms with Crippen LogP contribution in [0, 0.1) is 10.1 Å². The number of hydrogen-bond donors (Lipinski definition) is 1. The van der Waals surface area contributed by atoms with Gasteiger partial charge in [0.1, 0.15) is 0 Å². The van der Waals surface area contributed by atoms with Crippen molar-refractivity contribution in [1.82, 2.24) is 4.83 Å². The van der Waals surface area contributed by atoms with Gasteiger partial charge in [0.2, 0.25) is 0 Å². The van der Waals surface area contributed by atoms with Crippen LogP contribution >= 0.6 is 0 Å². The highest BCUT2D eigenvalue weighted by Gasteiger charge is 2.17. The van der Waals surface area contributed by atoms with Gasteiger partial charge in [-0.25, -0.2) is 4.83 Å². The molecule has 0 aliphatic heterocycles. The molecule has 0 atom stereocenters. The number of sulfonamides is 1. The van der Waals surface area contributed by atoms with Gasteiger partial charge < -0.3 is 9.47 Å². The molecule has 9 nitrogen and oxygen atoms in total. The number of hydrogen-bond acceptors (Lipinski definition) is 7. The van der Waals surface area contributed by atoms with E-state index in [0.717, 1.165) is 6.07 Å². The number of rotatable bonds is 7. The quantitative estimate of drug-likeness (QED) is 0.455. The lowest BCUT2D eigenvalue weighted by Gasteiger charge is -2.09. The summed E-state index contributed by atoms with van der Waals surface area (Å²) in [6.45, 7) is 0. The van der Waals surface area contributed by atoms with Crippen LogP contribution in [0.25, 0.3) is 0 Å². The topological polar surface area (TPSA) is 120 Å². The predicted molar refractivity (Wildman–Crippen MR) is 90.6 cm³/mol. The number of nitro groups is 1. The van der Waals surface area contributed by atoms with E-state index in [2.05, 4.69) is 5.10 Å². The molecule has 0 heterocycles. The van der Waals surface area contributed by atoms with Gasteiger partial charge in [0, 0.05) is 17.7 Å². The standard InChI is InChI=1S/C15H15N3O6S/c1-23-14-8-3-5-11(15(14)24-2)10-16-17-25(21,22)13-7-4-6-12(9-13)18(19)20/h3-10,17H,1-2H3/b16-10+. The third kappa shape index (κ3) is 4.23. The van der Waals surface area contributed by atoms with Crippen molar-refractivity contribution in [2.75, 3.05) is 14.2 Å². The Morgan fingerprint density at radius 3 is 2.52 bits per heavy atom. The van der Waals surface area contributed by atoms with E-state index < -0.39 is 14.9 Å². The Bertz CT molecular complexity index is 911. The van der Waals surface area contributed by atoms with Crippen LogP contribution in [-0.4, -0.2) is 33.8 Å². The first kappa shape index (κ1) is 18.2. The van der Waals surface area contributed by atoms with Crippen LogP contribution in [0.15, 0.2) is 52.5 Å². The zero-order valence-corrected chi connectivity index (χ0v) is 14.2. The molecule has 0 aliphatic carbocycles. The lowest BCUT2D eigenvalue weighted by atomic mass is 10.2. The molecule has 25 heavy (non-hydrogen) atoms. The van der Waals surface area contributed by atoms with Crippen molar-refractivity contribution < 1.29 is 22.8 Å². The third-order valence-electron chi connectivity index (χ3n) is 3.15. The first-order chi connectivity index (χ1) is 11.9. The van der Waals surface area contributed by atoms with Gasteiger partial charge >= 0.3 is 0 Å². The molecule has 0 saturated carbocycles. The zero-order valence-electron chi connectivity index (χ0n) is 13.4. The molecule has 2 rings (SSSR count). The molecular formula is C15H15N3O6S. The van der Waals surface area contributed by atoms with Gasteiger partial charge in [-0.3, -0.25) is 10.1 Å². The molecule has 0 fully saturated rings. The highest BCUT2D eigenvalue weighted by Crippen LogP contribution is 2.29. The number of ether oxygens (including phenoxy) is 2. The van der Waals surface area contributed by atoms with E-state index in [1.807, 2.05) is 4.83 Å². The highest BCUT2D eigenvalue weighted by molar-refractivity contribution is 7.89. The Morgan fingerprint density at radius 2 is 1.88 bits per heavy atom. The first-order valence-corrected chi connectivity index (χ1v) is 8.37. The third-order valence-corrected chi connectivity index (χ3v) is 4.37. The van der Waals surface area contributed by atoms with Crippen molar-refractivity contribution in [1.29, 1.82) is 0 Å². The molecule has 0 saturated heterocycles. The number of nitrogens with zero attached hydrogens (tertiary/aromatic N) is 2. The minimum atomic E-state index is -4.05. The van der Waals surface area contributed by atoms with Gasteiger partial charge in [-0.2, -0.15) is 13.5 Å².